The number of nitrogens with zero attached hydrogens (tertiary/aromatic N) is 3. The first-order valence-corrected chi connectivity index (χ1v) is 9.66. The van der Waals surface area contributed by atoms with Gasteiger partial charge >= 0.3 is 6.03 Å². The predicted molar refractivity (Wildman–Crippen MR) is 108 cm³/mol. The van der Waals surface area contributed by atoms with Crippen LogP contribution < -0.4 is 5.32 Å². The number of nitrogens with one attached hydrogen (secondary N) is 1. The molecule has 29 heavy (non-hydrogen) atoms. The molecule has 0 saturated carbocycles. The number of hydrogen-bond acceptors (Lipinski definition) is 4. The Kier molecular flexibility index (Phi) is 5.05. The van der Waals surface area contributed by atoms with Gasteiger partial charge in [0.05, 0.1) is 6.54 Å². The maximum absolute atomic E-state index is 15.7. The summed E-state index contributed by atoms with van der Waals surface area (Å²) in [4.78, 5) is 18.5. The largest absolute Gasteiger partial charge is 0.335 e. The lowest BCUT2D eigenvalue weighted by molar-refractivity contribution is 0.0333. The Hall–Kier alpha value is -3.22. The van der Waals surface area contributed by atoms with E-state index in [1.165, 1.54) is 4.90 Å². The number of alkyl halides is 1. The van der Waals surface area contributed by atoms with Crippen LogP contribution in [0, 0.1) is 13.8 Å². The molecule has 1 fully saturated rings. The SMILES string of the molecule is Cc1ccc(C)c(NC(=O)N2CCCC(F)(c3nc(-c4ccccc4)no3)C2)c1. The first kappa shape index (κ1) is 19.1. The van der Waals surface area contributed by atoms with Gasteiger partial charge in [-0.05, 0) is 43.9 Å². The Morgan fingerprint density at radius 3 is 2.79 bits per heavy atom. The van der Waals surface area contributed by atoms with Crippen LogP contribution in [-0.4, -0.2) is 34.2 Å². The van der Waals surface area contributed by atoms with Gasteiger partial charge in [-0.1, -0.05) is 47.6 Å². The normalized spacial score (nSPS) is 19.2. The number of anilines is 1. The van der Waals surface area contributed by atoms with E-state index in [2.05, 4.69) is 15.5 Å². The zero-order valence-electron chi connectivity index (χ0n) is 16.5. The number of aryl methyl sites for hydroxylation is 2. The van der Waals surface area contributed by atoms with Gasteiger partial charge in [-0.2, -0.15) is 4.98 Å². The summed E-state index contributed by atoms with van der Waals surface area (Å²) < 4.78 is 21.0. The molecule has 1 unspecified atom stereocenters. The molecule has 1 atom stereocenters. The van der Waals surface area contributed by atoms with E-state index in [1.54, 1.807) is 0 Å². The lowest BCUT2D eigenvalue weighted by Crippen LogP contribution is -2.48. The number of amides is 2. The highest BCUT2D eigenvalue weighted by Gasteiger charge is 2.44. The van der Waals surface area contributed by atoms with Crippen molar-refractivity contribution in [2.24, 2.45) is 0 Å². The van der Waals surface area contributed by atoms with Crippen molar-refractivity contribution >= 4 is 11.7 Å². The minimum atomic E-state index is -1.86. The highest BCUT2D eigenvalue weighted by atomic mass is 19.1. The van der Waals surface area contributed by atoms with Crippen molar-refractivity contribution in [3.63, 3.8) is 0 Å². The molecule has 4 rings (SSSR count). The first-order valence-electron chi connectivity index (χ1n) is 9.66. The molecule has 0 spiro atoms. The molecule has 3 aromatic rings. The molecule has 0 aliphatic carbocycles. The van der Waals surface area contributed by atoms with Gasteiger partial charge in [0, 0.05) is 17.8 Å². The minimum absolute atomic E-state index is 0.0828. The second-order valence-corrected chi connectivity index (χ2v) is 7.53. The van der Waals surface area contributed by atoms with E-state index in [0.29, 0.717) is 18.8 Å². The summed E-state index contributed by atoms with van der Waals surface area (Å²) in [5.74, 6) is 0.259. The zero-order valence-corrected chi connectivity index (χ0v) is 16.5. The van der Waals surface area contributed by atoms with Crippen molar-refractivity contribution < 1.29 is 13.7 Å². The molecular formula is C22H23FN4O2. The fourth-order valence-electron chi connectivity index (χ4n) is 3.53. The number of rotatable bonds is 3. The monoisotopic (exact) mass is 394 g/mol. The maximum atomic E-state index is 15.7. The molecule has 1 aromatic heterocycles. The molecule has 0 bridgehead atoms. The number of urea groups is 1. The summed E-state index contributed by atoms with van der Waals surface area (Å²) in [5.41, 5.74) is 1.62. The third-order valence-corrected chi connectivity index (χ3v) is 5.21. The lowest BCUT2D eigenvalue weighted by Gasteiger charge is -2.35. The van der Waals surface area contributed by atoms with Crippen molar-refractivity contribution in [2.45, 2.75) is 32.4 Å². The average Bonchev–Trinajstić information content (AvgIpc) is 3.23. The van der Waals surface area contributed by atoms with Gasteiger partial charge < -0.3 is 14.7 Å². The Balaban J connectivity index is 1.51. The van der Waals surface area contributed by atoms with E-state index < -0.39 is 5.67 Å². The molecule has 2 amide bonds. The Bertz CT molecular complexity index is 1020. The molecule has 1 aliphatic heterocycles. The fraction of sp³-hybridized carbons (Fsp3) is 0.318. The Labute approximate surface area is 168 Å². The van der Waals surface area contributed by atoms with Crippen molar-refractivity contribution in [1.29, 1.82) is 0 Å². The van der Waals surface area contributed by atoms with Crippen LogP contribution in [0.5, 0.6) is 0 Å². The predicted octanol–water partition coefficient (Wildman–Crippen LogP) is 4.85. The zero-order chi connectivity index (χ0) is 20.4. The summed E-state index contributed by atoms with van der Waals surface area (Å²) in [6.45, 7) is 4.24. The topological polar surface area (TPSA) is 71.3 Å². The third kappa shape index (κ3) is 3.99. The molecule has 1 aliphatic rings. The summed E-state index contributed by atoms with van der Waals surface area (Å²) >= 11 is 0. The molecular weight excluding hydrogens is 371 g/mol. The van der Waals surface area contributed by atoms with E-state index in [1.807, 2.05) is 62.4 Å². The number of aromatic nitrogens is 2. The Morgan fingerprint density at radius 2 is 2.00 bits per heavy atom. The van der Waals surface area contributed by atoms with Crippen LogP contribution in [0.2, 0.25) is 0 Å². The second-order valence-electron chi connectivity index (χ2n) is 7.53. The number of piperidine rings is 1. The molecule has 7 heteroatoms. The minimum Gasteiger partial charge on any atom is -0.335 e. The molecule has 6 nitrogen and oxygen atoms in total. The van der Waals surface area contributed by atoms with Crippen molar-refractivity contribution in [2.75, 3.05) is 18.4 Å². The smallest absolute Gasteiger partial charge is 0.321 e. The van der Waals surface area contributed by atoms with Crippen LogP contribution in [0.15, 0.2) is 53.1 Å². The van der Waals surface area contributed by atoms with Crippen LogP contribution in [0.3, 0.4) is 0 Å². The van der Waals surface area contributed by atoms with Crippen molar-refractivity contribution in [3.05, 3.63) is 65.5 Å². The second kappa shape index (κ2) is 7.66. The average molecular weight is 394 g/mol. The van der Waals surface area contributed by atoms with Crippen LogP contribution in [0.4, 0.5) is 14.9 Å². The Morgan fingerprint density at radius 1 is 1.21 bits per heavy atom. The number of hydrogen-bond donors (Lipinski definition) is 1. The summed E-state index contributed by atoms with van der Waals surface area (Å²) in [6.07, 6.45) is 0.746. The number of halogens is 1. The third-order valence-electron chi connectivity index (χ3n) is 5.21. The molecule has 2 aromatic carbocycles. The standard InChI is InChI=1S/C22H23FN4O2/c1-15-9-10-16(2)18(13-15)24-21(28)27-12-6-11-22(23,14-27)20-25-19(26-29-20)17-7-4-3-5-8-17/h3-5,7-10,13H,6,11-12,14H2,1-2H3,(H,24,28). The van der Waals surface area contributed by atoms with Crippen molar-refractivity contribution in [3.8, 4) is 11.4 Å². The highest BCUT2D eigenvalue weighted by molar-refractivity contribution is 5.90. The van der Waals surface area contributed by atoms with Crippen molar-refractivity contribution in [1.82, 2.24) is 15.0 Å². The van der Waals surface area contributed by atoms with E-state index in [4.69, 9.17) is 4.52 Å². The van der Waals surface area contributed by atoms with Crippen LogP contribution >= 0.6 is 0 Å². The van der Waals surface area contributed by atoms with Gasteiger partial charge in [-0.25, -0.2) is 9.18 Å². The van der Waals surface area contributed by atoms with Crippen LogP contribution in [0.1, 0.15) is 29.9 Å². The quantitative estimate of drug-likeness (QED) is 0.690. The van der Waals surface area contributed by atoms with Gasteiger partial charge in [0.15, 0.2) is 0 Å². The molecule has 1 N–H and O–H groups in total. The number of benzene rings is 2. The van der Waals surface area contributed by atoms with E-state index in [-0.39, 0.29) is 24.9 Å². The first-order chi connectivity index (χ1) is 13.9. The molecule has 1 saturated heterocycles. The molecule has 2 heterocycles. The molecule has 0 radical (unpaired) electrons. The summed E-state index contributed by atoms with van der Waals surface area (Å²) in [6, 6.07) is 14.8. The van der Waals surface area contributed by atoms with Gasteiger partial charge in [0.25, 0.3) is 5.89 Å². The van der Waals surface area contributed by atoms with Gasteiger partial charge in [0.2, 0.25) is 11.5 Å². The van der Waals surface area contributed by atoms with Gasteiger partial charge in [0.1, 0.15) is 0 Å². The van der Waals surface area contributed by atoms with Gasteiger partial charge in [-0.3, -0.25) is 0 Å². The van der Waals surface area contributed by atoms with Gasteiger partial charge in [-0.15, -0.1) is 0 Å². The van der Waals surface area contributed by atoms with E-state index in [0.717, 1.165) is 22.4 Å². The molecule has 150 valence electrons. The number of carbonyl (C=O) groups excluding carboxylic acids is 1. The lowest BCUT2D eigenvalue weighted by atomic mass is 9.94. The highest BCUT2D eigenvalue weighted by Crippen LogP contribution is 2.35. The summed E-state index contributed by atoms with van der Waals surface area (Å²) in [5, 5.41) is 6.82. The van der Waals surface area contributed by atoms with E-state index in [9.17, 15) is 4.79 Å². The maximum Gasteiger partial charge on any atom is 0.321 e. The van der Waals surface area contributed by atoms with Crippen LogP contribution in [0.25, 0.3) is 11.4 Å². The fourth-order valence-corrected chi connectivity index (χ4v) is 3.53. The summed E-state index contributed by atoms with van der Waals surface area (Å²) in [7, 11) is 0. The number of likely N-dealkylation sites (tertiary alicyclic amines) is 1. The number of carbonyl (C=O) groups is 1. The van der Waals surface area contributed by atoms with E-state index >= 15 is 4.39 Å². The van der Waals surface area contributed by atoms with Crippen LogP contribution in [-0.2, 0) is 5.67 Å².